The quantitative estimate of drug-likeness (QED) is 0.654. The van der Waals surface area contributed by atoms with Crippen molar-refractivity contribution in [2.24, 2.45) is 11.8 Å². The van der Waals surface area contributed by atoms with Gasteiger partial charge in [-0.15, -0.1) is 0 Å². The number of anilines is 1. The molecule has 0 heterocycles. The minimum atomic E-state index is -0.365. The van der Waals surface area contributed by atoms with Gasteiger partial charge < -0.3 is 5.32 Å². The predicted octanol–water partition coefficient (Wildman–Crippen LogP) is 4.48. The molecule has 1 aromatic carbocycles. The molecule has 0 spiro atoms. The van der Waals surface area contributed by atoms with Crippen LogP contribution >= 0.6 is 11.6 Å². The van der Waals surface area contributed by atoms with E-state index in [9.17, 15) is 10.1 Å². The van der Waals surface area contributed by atoms with Crippen LogP contribution in [0.1, 0.15) is 33.1 Å². The smallest absolute Gasteiger partial charge is 0.292 e. The zero-order valence-corrected chi connectivity index (χ0v) is 12.0. The molecule has 1 aliphatic rings. The fraction of sp³-hybridized carbons (Fsp3) is 0.571. The van der Waals surface area contributed by atoms with E-state index in [-0.39, 0.29) is 10.6 Å². The highest BCUT2D eigenvalue weighted by atomic mass is 35.5. The number of halogens is 1. The largest absolute Gasteiger partial charge is 0.376 e. The van der Waals surface area contributed by atoms with Gasteiger partial charge in [0.1, 0.15) is 5.69 Å². The van der Waals surface area contributed by atoms with E-state index < -0.39 is 0 Å². The summed E-state index contributed by atoms with van der Waals surface area (Å²) in [6.45, 7) is 4.42. The molecule has 1 aromatic rings. The minimum Gasteiger partial charge on any atom is -0.376 e. The van der Waals surface area contributed by atoms with Crippen molar-refractivity contribution in [3.05, 3.63) is 33.3 Å². The zero-order valence-electron chi connectivity index (χ0n) is 11.2. The van der Waals surface area contributed by atoms with E-state index in [0.717, 1.165) is 12.8 Å². The van der Waals surface area contributed by atoms with Gasteiger partial charge in [0.15, 0.2) is 0 Å². The lowest BCUT2D eigenvalue weighted by Crippen LogP contribution is -2.25. The summed E-state index contributed by atoms with van der Waals surface area (Å²) < 4.78 is 0. The first-order chi connectivity index (χ1) is 9.02. The van der Waals surface area contributed by atoms with Crippen molar-refractivity contribution in [1.29, 1.82) is 0 Å². The second-order valence-corrected chi connectivity index (χ2v) is 5.71. The monoisotopic (exact) mass is 282 g/mol. The van der Waals surface area contributed by atoms with Gasteiger partial charge in [-0.05, 0) is 36.8 Å². The van der Waals surface area contributed by atoms with Crippen molar-refractivity contribution in [1.82, 2.24) is 0 Å². The van der Waals surface area contributed by atoms with Crippen LogP contribution in [0.4, 0.5) is 11.4 Å². The Balaban J connectivity index is 2.19. The molecule has 1 fully saturated rings. The number of nitro groups is 1. The van der Waals surface area contributed by atoms with Gasteiger partial charge in [0.25, 0.3) is 5.69 Å². The molecule has 0 amide bonds. The summed E-state index contributed by atoms with van der Waals surface area (Å²) in [4.78, 5) is 10.7. The van der Waals surface area contributed by atoms with Crippen LogP contribution < -0.4 is 5.32 Å². The SMILES string of the molecule is CCC1CCC(Nc2cc(Cl)ccc2[N+](=O)[O-])C1C. The molecule has 5 heteroatoms. The molecule has 0 saturated heterocycles. The molecule has 19 heavy (non-hydrogen) atoms. The zero-order chi connectivity index (χ0) is 14.0. The first kappa shape index (κ1) is 14.1. The van der Waals surface area contributed by atoms with Crippen molar-refractivity contribution in [2.45, 2.75) is 39.2 Å². The van der Waals surface area contributed by atoms with Gasteiger partial charge >= 0.3 is 0 Å². The third-order valence-corrected chi connectivity index (χ3v) is 4.48. The average Bonchev–Trinajstić information content (AvgIpc) is 2.70. The number of hydrogen-bond donors (Lipinski definition) is 1. The van der Waals surface area contributed by atoms with Crippen molar-refractivity contribution >= 4 is 23.0 Å². The molecular weight excluding hydrogens is 264 g/mol. The number of benzene rings is 1. The maximum atomic E-state index is 11.0. The number of nitro benzene ring substituents is 1. The lowest BCUT2D eigenvalue weighted by Gasteiger charge is -2.22. The van der Waals surface area contributed by atoms with E-state index in [1.54, 1.807) is 12.1 Å². The molecular formula is C14H19ClN2O2. The van der Waals surface area contributed by atoms with E-state index >= 15 is 0 Å². The van der Waals surface area contributed by atoms with E-state index in [2.05, 4.69) is 19.2 Å². The molecule has 0 bridgehead atoms. The van der Waals surface area contributed by atoms with Gasteiger partial charge in [0, 0.05) is 17.1 Å². The summed E-state index contributed by atoms with van der Waals surface area (Å²) in [5.41, 5.74) is 0.627. The molecule has 104 valence electrons. The lowest BCUT2D eigenvalue weighted by atomic mass is 9.93. The molecule has 0 aliphatic heterocycles. The second-order valence-electron chi connectivity index (χ2n) is 5.27. The summed E-state index contributed by atoms with van der Waals surface area (Å²) in [6, 6.07) is 4.95. The van der Waals surface area contributed by atoms with Gasteiger partial charge in [-0.1, -0.05) is 31.9 Å². The highest BCUT2D eigenvalue weighted by Crippen LogP contribution is 2.37. The van der Waals surface area contributed by atoms with Crippen LogP contribution in [0, 0.1) is 22.0 Å². The number of hydrogen-bond acceptors (Lipinski definition) is 3. The van der Waals surface area contributed by atoms with Gasteiger partial charge in [-0.2, -0.15) is 0 Å². The van der Waals surface area contributed by atoms with Crippen LogP contribution in [0.2, 0.25) is 5.02 Å². The fourth-order valence-electron chi connectivity index (χ4n) is 3.01. The third-order valence-electron chi connectivity index (χ3n) is 4.25. The second kappa shape index (κ2) is 5.78. The van der Waals surface area contributed by atoms with Gasteiger partial charge in [-0.3, -0.25) is 10.1 Å². The van der Waals surface area contributed by atoms with Crippen LogP contribution in [-0.2, 0) is 0 Å². The van der Waals surface area contributed by atoms with E-state index in [4.69, 9.17) is 11.6 Å². The van der Waals surface area contributed by atoms with Crippen molar-refractivity contribution in [2.75, 3.05) is 5.32 Å². The third kappa shape index (κ3) is 3.00. The summed E-state index contributed by atoms with van der Waals surface area (Å²) >= 11 is 5.94. The predicted molar refractivity (Wildman–Crippen MR) is 77.7 cm³/mol. The Morgan fingerprint density at radius 2 is 2.21 bits per heavy atom. The molecule has 3 atom stereocenters. The molecule has 0 aromatic heterocycles. The van der Waals surface area contributed by atoms with E-state index in [0.29, 0.717) is 28.6 Å². The summed E-state index contributed by atoms with van der Waals surface area (Å²) in [7, 11) is 0. The maximum absolute atomic E-state index is 11.0. The summed E-state index contributed by atoms with van der Waals surface area (Å²) in [6.07, 6.45) is 3.41. The lowest BCUT2D eigenvalue weighted by molar-refractivity contribution is -0.384. The molecule has 1 aliphatic carbocycles. The first-order valence-corrected chi connectivity index (χ1v) is 7.11. The van der Waals surface area contributed by atoms with Gasteiger partial charge in [0.2, 0.25) is 0 Å². The van der Waals surface area contributed by atoms with Crippen LogP contribution in [-0.4, -0.2) is 11.0 Å². The highest BCUT2D eigenvalue weighted by molar-refractivity contribution is 6.31. The van der Waals surface area contributed by atoms with E-state index in [1.807, 2.05) is 0 Å². The van der Waals surface area contributed by atoms with Crippen LogP contribution in [0.25, 0.3) is 0 Å². The Kier molecular flexibility index (Phi) is 4.30. The Hall–Kier alpha value is -1.29. The van der Waals surface area contributed by atoms with Crippen LogP contribution in [0.5, 0.6) is 0 Å². The van der Waals surface area contributed by atoms with E-state index in [1.165, 1.54) is 12.5 Å². The maximum Gasteiger partial charge on any atom is 0.292 e. The summed E-state index contributed by atoms with van der Waals surface area (Å²) in [5.74, 6) is 1.24. The molecule has 1 N–H and O–H groups in total. The first-order valence-electron chi connectivity index (χ1n) is 6.73. The van der Waals surface area contributed by atoms with Crippen molar-refractivity contribution in [3.63, 3.8) is 0 Å². The minimum absolute atomic E-state index is 0.0940. The fourth-order valence-corrected chi connectivity index (χ4v) is 3.18. The Morgan fingerprint density at radius 1 is 1.47 bits per heavy atom. The number of rotatable bonds is 4. The van der Waals surface area contributed by atoms with Crippen LogP contribution in [0.3, 0.4) is 0 Å². The van der Waals surface area contributed by atoms with Gasteiger partial charge in [0.05, 0.1) is 4.92 Å². The van der Waals surface area contributed by atoms with Crippen molar-refractivity contribution < 1.29 is 4.92 Å². The molecule has 3 unspecified atom stereocenters. The molecule has 0 radical (unpaired) electrons. The summed E-state index contributed by atoms with van der Waals surface area (Å²) in [5, 5.41) is 14.9. The normalized spacial score (nSPS) is 26.4. The van der Waals surface area contributed by atoms with Crippen molar-refractivity contribution in [3.8, 4) is 0 Å². The Bertz CT molecular complexity index is 479. The number of nitrogens with one attached hydrogen (secondary N) is 1. The van der Waals surface area contributed by atoms with Gasteiger partial charge in [-0.25, -0.2) is 0 Å². The Labute approximate surface area is 118 Å². The highest BCUT2D eigenvalue weighted by Gasteiger charge is 2.32. The number of nitrogens with zero attached hydrogens (tertiary/aromatic N) is 1. The Morgan fingerprint density at radius 3 is 2.79 bits per heavy atom. The average molecular weight is 283 g/mol. The standard InChI is InChI=1S/C14H19ClN2O2/c1-3-10-4-6-12(9(10)2)16-13-8-11(15)5-7-14(13)17(18)19/h5,7-10,12,16H,3-4,6H2,1-2H3. The molecule has 4 nitrogen and oxygen atoms in total. The molecule has 2 rings (SSSR count). The molecule has 1 saturated carbocycles. The van der Waals surface area contributed by atoms with Crippen LogP contribution in [0.15, 0.2) is 18.2 Å². The topological polar surface area (TPSA) is 55.2 Å².